The zero-order valence-corrected chi connectivity index (χ0v) is 12.4. The zero-order chi connectivity index (χ0) is 15.6. The molecule has 0 bridgehead atoms. The fourth-order valence-corrected chi connectivity index (χ4v) is 2.66. The van der Waals surface area contributed by atoms with Crippen LogP contribution >= 0.6 is 0 Å². The number of aliphatic imine (C=N–C) groups is 1. The third kappa shape index (κ3) is 2.59. The Morgan fingerprint density at radius 3 is 2.83 bits per heavy atom. The van der Waals surface area contributed by atoms with E-state index in [1.165, 1.54) is 0 Å². The summed E-state index contributed by atoms with van der Waals surface area (Å²) in [6, 6.07) is 17.4. The molecule has 0 spiro atoms. The molecular formula is C19H15NO3. The second-order valence-corrected chi connectivity index (χ2v) is 5.38. The molecule has 114 valence electrons. The normalized spacial score (nSPS) is 13.0. The first-order chi connectivity index (χ1) is 11.3. The van der Waals surface area contributed by atoms with Gasteiger partial charge in [0.25, 0.3) is 0 Å². The van der Waals surface area contributed by atoms with Gasteiger partial charge in [0.1, 0.15) is 5.75 Å². The maximum Gasteiger partial charge on any atom is 0.231 e. The highest BCUT2D eigenvalue weighted by Crippen LogP contribution is 2.32. The first kappa shape index (κ1) is 13.6. The Morgan fingerprint density at radius 2 is 1.87 bits per heavy atom. The molecule has 0 aromatic heterocycles. The van der Waals surface area contributed by atoms with Crippen LogP contribution in [0.15, 0.2) is 59.6 Å². The molecule has 1 N–H and O–H groups in total. The van der Waals surface area contributed by atoms with Crippen LogP contribution in [0.1, 0.15) is 11.1 Å². The molecule has 1 aliphatic rings. The molecule has 4 rings (SSSR count). The summed E-state index contributed by atoms with van der Waals surface area (Å²) in [4.78, 5) is 4.42. The van der Waals surface area contributed by atoms with Gasteiger partial charge >= 0.3 is 0 Å². The molecule has 0 amide bonds. The number of phenolic OH excluding ortho intramolecular Hbond substituents is 1. The van der Waals surface area contributed by atoms with Gasteiger partial charge < -0.3 is 14.6 Å². The Morgan fingerprint density at radius 1 is 1.00 bits per heavy atom. The Hall–Kier alpha value is -3.01. The van der Waals surface area contributed by atoms with Gasteiger partial charge in [0.15, 0.2) is 11.5 Å². The van der Waals surface area contributed by atoms with Crippen LogP contribution < -0.4 is 9.47 Å². The van der Waals surface area contributed by atoms with Gasteiger partial charge in [0, 0.05) is 17.2 Å². The molecular weight excluding hydrogens is 290 g/mol. The third-order valence-corrected chi connectivity index (χ3v) is 3.87. The van der Waals surface area contributed by atoms with Crippen LogP contribution in [-0.4, -0.2) is 18.1 Å². The largest absolute Gasteiger partial charge is 0.507 e. The van der Waals surface area contributed by atoms with E-state index in [2.05, 4.69) is 4.99 Å². The molecule has 0 unspecified atom stereocenters. The highest BCUT2D eigenvalue weighted by molar-refractivity contribution is 5.97. The van der Waals surface area contributed by atoms with Gasteiger partial charge in [-0.15, -0.1) is 0 Å². The summed E-state index contributed by atoms with van der Waals surface area (Å²) in [5, 5.41) is 12.2. The predicted molar refractivity (Wildman–Crippen MR) is 89.5 cm³/mol. The second kappa shape index (κ2) is 5.65. The lowest BCUT2D eigenvalue weighted by molar-refractivity contribution is 0.174. The third-order valence-electron chi connectivity index (χ3n) is 3.87. The monoisotopic (exact) mass is 305 g/mol. The van der Waals surface area contributed by atoms with E-state index < -0.39 is 0 Å². The predicted octanol–water partition coefficient (Wildman–Crippen LogP) is 3.89. The van der Waals surface area contributed by atoms with Crippen molar-refractivity contribution in [2.45, 2.75) is 6.54 Å². The van der Waals surface area contributed by atoms with E-state index in [0.29, 0.717) is 12.1 Å². The molecule has 0 saturated carbocycles. The van der Waals surface area contributed by atoms with Gasteiger partial charge in [-0.1, -0.05) is 36.4 Å². The Labute approximate surface area is 133 Å². The lowest BCUT2D eigenvalue weighted by Gasteiger charge is -2.04. The highest BCUT2D eigenvalue weighted by Gasteiger charge is 2.12. The summed E-state index contributed by atoms with van der Waals surface area (Å²) in [5.74, 6) is 1.79. The van der Waals surface area contributed by atoms with Crippen molar-refractivity contribution in [3.63, 3.8) is 0 Å². The molecule has 0 fully saturated rings. The van der Waals surface area contributed by atoms with Gasteiger partial charge in [0.2, 0.25) is 6.79 Å². The van der Waals surface area contributed by atoms with Crippen molar-refractivity contribution in [1.29, 1.82) is 0 Å². The number of phenols is 1. The summed E-state index contributed by atoms with van der Waals surface area (Å²) >= 11 is 0. The minimum atomic E-state index is 0.262. The molecule has 3 aromatic rings. The second-order valence-electron chi connectivity index (χ2n) is 5.38. The van der Waals surface area contributed by atoms with Crippen molar-refractivity contribution in [1.82, 2.24) is 0 Å². The summed E-state index contributed by atoms with van der Waals surface area (Å²) in [6.07, 6.45) is 1.70. The lowest BCUT2D eigenvalue weighted by Crippen LogP contribution is -1.92. The Balaban J connectivity index is 1.56. The topological polar surface area (TPSA) is 51.1 Å². The van der Waals surface area contributed by atoms with Crippen LogP contribution in [0.25, 0.3) is 10.8 Å². The SMILES string of the molecule is Oc1c(C=NCc2ccc3c(c2)OCO3)ccc2ccccc12. The van der Waals surface area contributed by atoms with Gasteiger partial charge in [-0.3, -0.25) is 4.99 Å². The fourth-order valence-electron chi connectivity index (χ4n) is 2.66. The van der Waals surface area contributed by atoms with E-state index in [1.807, 2.05) is 54.6 Å². The van der Waals surface area contributed by atoms with Crippen LogP contribution in [0.4, 0.5) is 0 Å². The summed E-state index contributed by atoms with van der Waals surface area (Å²) in [6.45, 7) is 0.788. The number of fused-ring (bicyclic) bond motifs is 2. The van der Waals surface area contributed by atoms with Crippen molar-refractivity contribution in [3.8, 4) is 17.2 Å². The number of benzene rings is 3. The minimum absolute atomic E-state index is 0.262. The number of hydrogen-bond acceptors (Lipinski definition) is 4. The van der Waals surface area contributed by atoms with Crippen LogP contribution in [0.3, 0.4) is 0 Å². The summed E-state index contributed by atoms with van der Waals surface area (Å²) < 4.78 is 10.6. The maximum absolute atomic E-state index is 10.3. The molecule has 3 aromatic carbocycles. The van der Waals surface area contributed by atoms with Crippen molar-refractivity contribution in [2.24, 2.45) is 4.99 Å². The Bertz CT molecular complexity index is 902. The number of ether oxygens (including phenoxy) is 2. The van der Waals surface area contributed by atoms with Crippen molar-refractivity contribution < 1.29 is 14.6 Å². The summed E-state index contributed by atoms with van der Waals surface area (Å²) in [7, 11) is 0. The molecule has 0 saturated heterocycles. The van der Waals surface area contributed by atoms with Gasteiger partial charge in [-0.2, -0.15) is 0 Å². The van der Waals surface area contributed by atoms with Gasteiger partial charge in [-0.25, -0.2) is 0 Å². The Kier molecular flexibility index (Phi) is 3.35. The van der Waals surface area contributed by atoms with E-state index in [0.717, 1.165) is 27.8 Å². The van der Waals surface area contributed by atoms with Crippen molar-refractivity contribution in [3.05, 3.63) is 65.7 Å². The molecule has 4 nitrogen and oxygen atoms in total. The fraction of sp³-hybridized carbons (Fsp3) is 0.105. The van der Waals surface area contributed by atoms with Crippen molar-refractivity contribution >= 4 is 17.0 Å². The molecule has 1 aliphatic heterocycles. The van der Waals surface area contributed by atoms with Crippen molar-refractivity contribution in [2.75, 3.05) is 6.79 Å². The lowest BCUT2D eigenvalue weighted by atomic mass is 10.1. The van der Waals surface area contributed by atoms with E-state index in [4.69, 9.17) is 9.47 Å². The van der Waals surface area contributed by atoms with Gasteiger partial charge in [-0.05, 0) is 29.1 Å². The quantitative estimate of drug-likeness (QED) is 0.747. The molecule has 4 heteroatoms. The summed E-state index contributed by atoms with van der Waals surface area (Å²) in [5.41, 5.74) is 1.75. The number of rotatable bonds is 3. The minimum Gasteiger partial charge on any atom is -0.507 e. The molecule has 1 heterocycles. The number of aromatic hydroxyl groups is 1. The average Bonchev–Trinajstić information content (AvgIpc) is 3.05. The van der Waals surface area contributed by atoms with Crippen LogP contribution in [0.2, 0.25) is 0 Å². The zero-order valence-electron chi connectivity index (χ0n) is 12.4. The molecule has 0 aliphatic carbocycles. The maximum atomic E-state index is 10.3. The first-order valence-electron chi connectivity index (χ1n) is 7.40. The smallest absolute Gasteiger partial charge is 0.231 e. The van der Waals surface area contributed by atoms with Crippen LogP contribution in [0.5, 0.6) is 17.2 Å². The highest BCUT2D eigenvalue weighted by atomic mass is 16.7. The van der Waals surface area contributed by atoms with E-state index in [1.54, 1.807) is 6.21 Å². The average molecular weight is 305 g/mol. The first-order valence-corrected chi connectivity index (χ1v) is 7.40. The number of nitrogens with zero attached hydrogens (tertiary/aromatic N) is 1. The standard InChI is InChI=1S/C19H15NO3/c21-19-15(7-6-14-3-1-2-4-16(14)19)11-20-10-13-5-8-17-18(9-13)23-12-22-17/h1-9,11,21H,10,12H2. The molecule has 23 heavy (non-hydrogen) atoms. The molecule has 0 radical (unpaired) electrons. The van der Waals surface area contributed by atoms with Crippen LogP contribution in [-0.2, 0) is 6.54 Å². The van der Waals surface area contributed by atoms with E-state index in [-0.39, 0.29) is 12.5 Å². The van der Waals surface area contributed by atoms with E-state index >= 15 is 0 Å². The van der Waals surface area contributed by atoms with E-state index in [9.17, 15) is 5.11 Å². The molecule has 0 atom stereocenters. The number of hydrogen-bond donors (Lipinski definition) is 1. The van der Waals surface area contributed by atoms with Crippen LogP contribution in [0, 0.1) is 0 Å². The van der Waals surface area contributed by atoms with Gasteiger partial charge in [0.05, 0.1) is 6.54 Å².